The van der Waals surface area contributed by atoms with Crippen molar-refractivity contribution >= 4 is 45.5 Å². The Morgan fingerprint density at radius 1 is 1.02 bits per heavy atom. The lowest BCUT2D eigenvalue weighted by Gasteiger charge is -2.41. The molecule has 1 unspecified atom stereocenters. The molecular weight excluding hydrogens is 528 g/mol. The van der Waals surface area contributed by atoms with Crippen molar-refractivity contribution in [3.8, 4) is 11.5 Å². The van der Waals surface area contributed by atoms with E-state index in [2.05, 4.69) is 10.3 Å². The Bertz CT molecular complexity index is 1710. The Morgan fingerprint density at radius 3 is 2.44 bits per heavy atom. The summed E-state index contributed by atoms with van der Waals surface area (Å²) >= 11 is 0. The maximum absolute atomic E-state index is 13.7. The monoisotopic (exact) mass is 560 g/mol. The van der Waals surface area contributed by atoms with Crippen molar-refractivity contribution < 1.29 is 23.5 Å². The number of para-hydroxylation sites is 1. The molecule has 1 aliphatic rings. The van der Waals surface area contributed by atoms with Crippen LogP contribution < -0.4 is 30.9 Å². The molecule has 3 N–H and O–H groups in total. The molecular formula is C29H32N6O6. The molecule has 4 aromatic rings. The summed E-state index contributed by atoms with van der Waals surface area (Å²) < 4.78 is 16.6. The second kappa shape index (κ2) is 10.6. The van der Waals surface area contributed by atoms with Gasteiger partial charge >= 0.3 is 0 Å². The van der Waals surface area contributed by atoms with E-state index in [0.717, 1.165) is 0 Å². The van der Waals surface area contributed by atoms with E-state index >= 15 is 0 Å². The van der Waals surface area contributed by atoms with E-state index in [1.807, 2.05) is 20.8 Å². The van der Waals surface area contributed by atoms with Gasteiger partial charge in [-0.2, -0.15) is 4.98 Å². The maximum atomic E-state index is 13.7. The molecule has 0 bridgehead atoms. The number of methoxy groups -OCH3 is 2. The fourth-order valence-electron chi connectivity index (χ4n) is 4.84. The van der Waals surface area contributed by atoms with Gasteiger partial charge in [0, 0.05) is 36.1 Å². The van der Waals surface area contributed by atoms with Crippen LogP contribution >= 0.6 is 0 Å². The van der Waals surface area contributed by atoms with Crippen LogP contribution in [-0.2, 0) is 4.79 Å². The molecule has 2 aromatic heterocycles. The maximum Gasteiger partial charge on any atom is 0.290 e. The molecule has 1 fully saturated rings. The highest BCUT2D eigenvalue weighted by Crippen LogP contribution is 2.34. The highest BCUT2D eigenvalue weighted by atomic mass is 16.5. The lowest BCUT2D eigenvalue weighted by Crippen LogP contribution is -2.62. The van der Waals surface area contributed by atoms with Crippen LogP contribution in [0.3, 0.4) is 0 Å². The summed E-state index contributed by atoms with van der Waals surface area (Å²) in [6.45, 7) is 6.11. The van der Waals surface area contributed by atoms with Crippen LogP contribution in [0.15, 0.2) is 51.7 Å². The molecule has 2 amide bonds. The Balaban J connectivity index is 1.50. The Kier molecular flexibility index (Phi) is 7.16. The fraction of sp³-hybridized carbons (Fsp3) is 0.345. The SMILES string of the molecule is COc1cc2nc(N3CCN(C(=O)c4cc(=O)c5ccccc5o4)C(C(=O)NC(C)(C)C)C3)nc(N)c2cc1OC. The van der Waals surface area contributed by atoms with E-state index < -0.39 is 17.5 Å². The van der Waals surface area contributed by atoms with Crippen molar-refractivity contribution in [2.75, 3.05) is 44.5 Å². The van der Waals surface area contributed by atoms with Crippen LogP contribution in [-0.4, -0.2) is 72.1 Å². The van der Waals surface area contributed by atoms with Crippen molar-refractivity contribution in [1.82, 2.24) is 20.2 Å². The van der Waals surface area contributed by atoms with Gasteiger partial charge in [0.15, 0.2) is 22.7 Å². The smallest absolute Gasteiger partial charge is 0.290 e. The van der Waals surface area contributed by atoms with Gasteiger partial charge in [-0.15, -0.1) is 0 Å². The topological polar surface area (TPSA) is 153 Å². The van der Waals surface area contributed by atoms with Gasteiger partial charge in [-0.1, -0.05) is 12.1 Å². The first-order valence-corrected chi connectivity index (χ1v) is 13.1. The van der Waals surface area contributed by atoms with Crippen molar-refractivity contribution in [2.24, 2.45) is 0 Å². The number of amides is 2. The molecule has 12 heteroatoms. The molecule has 0 spiro atoms. The number of rotatable bonds is 5. The predicted molar refractivity (Wildman–Crippen MR) is 154 cm³/mol. The molecule has 0 saturated carbocycles. The van der Waals surface area contributed by atoms with Crippen LogP contribution in [0, 0.1) is 0 Å². The van der Waals surface area contributed by atoms with Gasteiger partial charge in [0.2, 0.25) is 11.9 Å². The third kappa shape index (κ3) is 5.45. The number of piperazine rings is 1. The van der Waals surface area contributed by atoms with Crippen LogP contribution in [0.5, 0.6) is 11.5 Å². The molecule has 1 atom stereocenters. The summed E-state index contributed by atoms with van der Waals surface area (Å²) in [6, 6.07) is 10.4. The van der Waals surface area contributed by atoms with Crippen molar-refractivity contribution in [3.05, 3.63) is 58.4 Å². The normalized spacial score (nSPS) is 15.7. The van der Waals surface area contributed by atoms with E-state index in [-0.39, 0.29) is 36.0 Å². The summed E-state index contributed by atoms with van der Waals surface area (Å²) in [6.07, 6.45) is 0. The number of fused-ring (bicyclic) bond motifs is 2. The van der Waals surface area contributed by atoms with Gasteiger partial charge in [-0.05, 0) is 39.0 Å². The summed E-state index contributed by atoms with van der Waals surface area (Å²) in [7, 11) is 3.06. The summed E-state index contributed by atoms with van der Waals surface area (Å²) in [5.74, 6) is 0.463. The van der Waals surface area contributed by atoms with Gasteiger partial charge in [0.1, 0.15) is 17.4 Å². The third-order valence-corrected chi connectivity index (χ3v) is 6.79. The van der Waals surface area contributed by atoms with E-state index in [1.165, 1.54) is 25.2 Å². The minimum absolute atomic E-state index is 0.0870. The van der Waals surface area contributed by atoms with Crippen molar-refractivity contribution in [1.29, 1.82) is 0 Å². The average Bonchev–Trinajstić information content (AvgIpc) is 2.94. The lowest BCUT2D eigenvalue weighted by atomic mass is 10.1. The van der Waals surface area contributed by atoms with Gasteiger partial charge in [-0.3, -0.25) is 14.4 Å². The van der Waals surface area contributed by atoms with Crippen molar-refractivity contribution in [2.45, 2.75) is 32.4 Å². The van der Waals surface area contributed by atoms with Gasteiger partial charge in [0.25, 0.3) is 5.91 Å². The second-order valence-corrected chi connectivity index (χ2v) is 10.8. The van der Waals surface area contributed by atoms with Crippen molar-refractivity contribution in [3.63, 3.8) is 0 Å². The number of hydrogen-bond acceptors (Lipinski definition) is 10. The number of aromatic nitrogens is 2. The average molecular weight is 561 g/mol. The lowest BCUT2D eigenvalue weighted by molar-refractivity contribution is -0.127. The number of nitrogens with two attached hydrogens (primary N) is 1. The molecule has 1 saturated heterocycles. The minimum atomic E-state index is -0.932. The van der Waals surface area contributed by atoms with E-state index in [9.17, 15) is 14.4 Å². The molecule has 12 nitrogen and oxygen atoms in total. The fourth-order valence-corrected chi connectivity index (χ4v) is 4.84. The second-order valence-electron chi connectivity index (χ2n) is 10.8. The first-order chi connectivity index (χ1) is 19.5. The van der Waals surface area contributed by atoms with Crippen LogP contribution in [0.2, 0.25) is 0 Å². The summed E-state index contributed by atoms with van der Waals surface area (Å²) in [5.41, 5.74) is 6.25. The highest BCUT2D eigenvalue weighted by Gasteiger charge is 2.39. The zero-order chi connectivity index (χ0) is 29.5. The number of carbonyl (C=O) groups excluding carboxylic acids is 2. The molecule has 214 valence electrons. The first kappa shape index (κ1) is 27.7. The van der Waals surface area contributed by atoms with E-state index in [4.69, 9.17) is 24.6 Å². The number of nitrogens with zero attached hydrogens (tertiary/aromatic N) is 4. The van der Waals surface area contributed by atoms with Crippen LogP contribution in [0.1, 0.15) is 31.3 Å². The molecule has 41 heavy (non-hydrogen) atoms. The summed E-state index contributed by atoms with van der Waals surface area (Å²) in [5, 5.41) is 3.92. The molecule has 0 aliphatic carbocycles. The van der Waals surface area contributed by atoms with Crippen LogP contribution in [0.4, 0.5) is 11.8 Å². The van der Waals surface area contributed by atoms with Gasteiger partial charge in [-0.25, -0.2) is 4.98 Å². The number of hydrogen-bond donors (Lipinski definition) is 2. The van der Waals surface area contributed by atoms with Gasteiger partial charge in [0.05, 0.1) is 31.7 Å². The Morgan fingerprint density at radius 2 is 1.73 bits per heavy atom. The Hall–Kier alpha value is -4.87. The largest absolute Gasteiger partial charge is 0.493 e. The molecule has 5 rings (SSSR count). The number of anilines is 2. The van der Waals surface area contributed by atoms with Gasteiger partial charge < -0.3 is 34.7 Å². The molecule has 0 radical (unpaired) electrons. The molecule has 1 aliphatic heterocycles. The minimum Gasteiger partial charge on any atom is -0.493 e. The van der Waals surface area contributed by atoms with E-state index in [1.54, 1.807) is 41.3 Å². The zero-order valence-corrected chi connectivity index (χ0v) is 23.6. The number of benzene rings is 2. The number of ether oxygens (including phenoxy) is 2. The number of nitrogens with one attached hydrogen (secondary N) is 1. The first-order valence-electron chi connectivity index (χ1n) is 13.1. The zero-order valence-electron chi connectivity index (χ0n) is 23.6. The summed E-state index contributed by atoms with van der Waals surface area (Å²) in [4.78, 5) is 52.3. The van der Waals surface area contributed by atoms with Crippen LogP contribution in [0.25, 0.3) is 21.9 Å². The Labute approximate surface area is 236 Å². The quantitative estimate of drug-likeness (QED) is 0.372. The van der Waals surface area contributed by atoms with E-state index in [0.29, 0.717) is 45.9 Å². The number of nitrogen functional groups attached to an aromatic ring is 1. The number of carbonyl (C=O) groups is 2. The molecule has 2 aromatic carbocycles. The highest BCUT2D eigenvalue weighted by molar-refractivity contribution is 5.97. The molecule has 3 heterocycles. The third-order valence-electron chi connectivity index (χ3n) is 6.79. The standard InChI is InChI=1S/C29H32N6O6/c1-29(2,3)33-26(37)19-15-34(28-31-18-13-23(40-5)22(39-4)12-17(18)25(30)32-28)10-11-35(19)27(38)24-14-20(36)16-8-6-7-9-21(16)41-24/h6-9,12-14,19H,10-11,15H2,1-5H3,(H,33,37)(H2,30,31,32). The predicted octanol–water partition coefficient (Wildman–Crippen LogP) is 2.58.